The lowest BCUT2D eigenvalue weighted by Crippen LogP contribution is -2.48. The molecular weight excluding hydrogens is 326 g/mol. The molecule has 2 aliphatic heterocycles. The topological polar surface area (TPSA) is 47.0 Å². The number of carbonyl (C=O) groups excluding carboxylic acids is 1. The van der Waals surface area contributed by atoms with Crippen LogP contribution in [0.25, 0.3) is 0 Å². The second-order valence-corrected chi connectivity index (χ2v) is 7.71. The third-order valence-electron chi connectivity index (χ3n) is 5.76. The van der Waals surface area contributed by atoms with Crippen LogP contribution in [0.2, 0.25) is 0 Å². The molecule has 0 radical (unpaired) electrons. The summed E-state index contributed by atoms with van der Waals surface area (Å²) < 4.78 is 0. The molecule has 0 aliphatic carbocycles. The van der Waals surface area contributed by atoms with E-state index in [0.29, 0.717) is 18.2 Å². The minimum absolute atomic E-state index is 0.235. The van der Waals surface area contributed by atoms with E-state index in [0.717, 1.165) is 58.8 Å². The van der Waals surface area contributed by atoms with Gasteiger partial charge in [-0.3, -0.25) is 9.69 Å². The fourth-order valence-corrected chi connectivity index (χ4v) is 4.21. The zero-order chi connectivity index (χ0) is 18.2. The van der Waals surface area contributed by atoms with Crippen molar-refractivity contribution in [1.29, 1.82) is 0 Å². The summed E-state index contributed by atoms with van der Waals surface area (Å²) in [6, 6.07) is 10.6. The van der Waals surface area contributed by atoms with Gasteiger partial charge < -0.3 is 14.9 Å². The molecule has 2 fully saturated rings. The number of nitrogens with zero attached hydrogens (tertiary/aromatic N) is 3. The lowest BCUT2D eigenvalue weighted by atomic mass is 9.93. The van der Waals surface area contributed by atoms with E-state index < -0.39 is 0 Å². The molecule has 0 saturated carbocycles. The highest BCUT2D eigenvalue weighted by Crippen LogP contribution is 2.21. The van der Waals surface area contributed by atoms with Crippen LogP contribution in [0.4, 0.5) is 0 Å². The number of aliphatic hydroxyl groups is 1. The molecule has 5 heteroatoms. The average molecular weight is 360 g/mol. The lowest BCUT2D eigenvalue weighted by Gasteiger charge is -2.36. The molecule has 1 atom stereocenters. The van der Waals surface area contributed by atoms with Gasteiger partial charge >= 0.3 is 0 Å². The van der Waals surface area contributed by atoms with Crippen LogP contribution in [0.3, 0.4) is 0 Å². The molecule has 1 aromatic rings. The van der Waals surface area contributed by atoms with Gasteiger partial charge in [0.25, 0.3) is 0 Å². The molecule has 0 bridgehead atoms. The van der Waals surface area contributed by atoms with Crippen LogP contribution in [-0.4, -0.2) is 78.1 Å². The van der Waals surface area contributed by atoms with Gasteiger partial charge in [-0.05, 0) is 37.3 Å². The van der Waals surface area contributed by atoms with Crippen molar-refractivity contribution in [2.24, 2.45) is 5.92 Å². The van der Waals surface area contributed by atoms with Gasteiger partial charge in [0.15, 0.2) is 0 Å². The molecule has 3 rings (SSSR count). The third-order valence-corrected chi connectivity index (χ3v) is 5.76. The summed E-state index contributed by atoms with van der Waals surface area (Å²) in [6.07, 6.45) is 4.08. The second-order valence-electron chi connectivity index (χ2n) is 7.71. The van der Waals surface area contributed by atoms with Gasteiger partial charge in [-0.1, -0.05) is 30.3 Å². The number of hydrogen-bond acceptors (Lipinski definition) is 4. The van der Waals surface area contributed by atoms with Gasteiger partial charge in [0.05, 0.1) is 6.61 Å². The number of piperazine rings is 1. The Morgan fingerprint density at radius 1 is 1.04 bits per heavy atom. The Kier molecular flexibility index (Phi) is 7.47. The zero-order valence-corrected chi connectivity index (χ0v) is 15.9. The van der Waals surface area contributed by atoms with E-state index in [9.17, 15) is 4.79 Å². The lowest BCUT2D eigenvalue weighted by molar-refractivity contribution is -0.133. The Labute approximate surface area is 157 Å². The maximum atomic E-state index is 12.6. The maximum absolute atomic E-state index is 12.6. The van der Waals surface area contributed by atoms with E-state index in [4.69, 9.17) is 5.11 Å². The van der Waals surface area contributed by atoms with Crippen molar-refractivity contribution in [3.05, 3.63) is 35.9 Å². The summed E-state index contributed by atoms with van der Waals surface area (Å²) in [5, 5.41) is 9.10. The molecule has 0 unspecified atom stereocenters. The molecule has 0 spiro atoms. The van der Waals surface area contributed by atoms with Gasteiger partial charge in [-0.15, -0.1) is 0 Å². The van der Waals surface area contributed by atoms with Crippen molar-refractivity contribution in [2.75, 3.05) is 52.4 Å². The number of benzene rings is 1. The van der Waals surface area contributed by atoms with Crippen LogP contribution in [0, 0.1) is 5.92 Å². The minimum atomic E-state index is 0.235. The summed E-state index contributed by atoms with van der Waals surface area (Å²) in [5.41, 5.74) is 1.34. The van der Waals surface area contributed by atoms with Crippen LogP contribution in [-0.2, 0) is 11.3 Å². The summed E-state index contributed by atoms with van der Waals surface area (Å²) in [7, 11) is 0. The number of amides is 1. The largest absolute Gasteiger partial charge is 0.395 e. The summed E-state index contributed by atoms with van der Waals surface area (Å²) in [5.74, 6) is 0.933. The molecule has 1 N–H and O–H groups in total. The quantitative estimate of drug-likeness (QED) is 0.807. The van der Waals surface area contributed by atoms with Crippen molar-refractivity contribution in [1.82, 2.24) is 14.7 Å². The zero-order valence-electron chi connectivity index (χ0n) is 15.9. The Balaban J connectivity index is 1.36. The van der Waals surface area contributed by atoms with Gasteiger partial charge in [-0.25, -0.2) is 0 Å². The normalized spacial score (nSPS) is 22.5. The van der Waals surface area contributed by atoms with Crippen LogP contribution >= 0.6 is 0 Å². The van der Waals surface area contributed by atoms with E-state index in [1.807, 2.05) is 0 Å². The van der Waals surface area contributed by atoms with Crippen molar-refractivity contribution in [2.45, 2.75) is 32.2 Å². The standard InChI is InChI=1S/C21H33N3O2/c25-16-15-22-10-4-7-20(18-22)8-9-21(26)24-13-11-23(12-14-24)17-19-5-2-1-3-6-19/h1-3,5-6,20,25H,4,7-18H2/t20-/m1/s1. The average Bonchev–Trinajstić information content (AvgIpc) is 2.68. The SMILES string of the molecule is O=C(CC[C@H]1CCCN(CCO)C1)N1CCN(Cc2ccccc2)CC1. The first-order valence-electron chi connectivity index (χ1n) is 10.1. The fraction of sp³-hybridized carbons (Fsp3) is 0.667. The highest BCUT2D eigenvalue weighted by Gasteiger charge is 2.24. The van der Waals surface area contributed by atoms with Crippen molar-refractivity contribution in [3.63, 3.8) is 0 Å². The van der Waals surface area contributed by atoms with E-state index in [1.165, 1.54) is 18.4 Å². The summed E-state index contributed by atoms with van der Waals surface area (Å²) >= 11 is 0. The van der Waals surface area contributed by atoms with Gasteiger partial charge in [-0.2, -0.15) is 0 Å². The van der Waals surface area contributed by atoms with Crippen LogP contribution in [0.1, 0.15) is 31.2 Å². The molecule has 144 valence electrons. The molecule has 1 aromatic carbocycles. The first-order chi connectivity index (χ1) is 12.7. The third kappa shape index (κ3) is 5.79. The van der Waals surface area contributed by atoms with Gasteiger partial charge in [0.2, 0.25) is 5.91 Å². The van der Waals surface area contributed by atoms with E-state index in [1.54, 1.807) is 0 Å². The number of hydrogen-bond donors (Lipinski definition) is 1. The van der Waals surface area contributed by atoms with E-state index >= 15 is 0 Å². The maximum Gasteiger partial charge on any atom is 0.222 e. The predicted octanol–water partition coefficient (Wildman–Crippen LogP) is 1.82. The number of piperidine rings is 1. The fourth-order valence-electron chi connectivity index (χ4n) is 4.21. The van der Waals surface area contributed by atoms with Crippen molar-refractivity contribution < 1.29 is 9.90 Å². The first-order valence-corrected chi connectivity index (χ1v) is 10.1. The number of likely N-dealkylation sites (tertiary alicyclic amines) is 1. The molecule has 26 heavy (non-hydrogen) atoms. The van der Waals surface area contributed by atoms with Crippen LogP contribution in [0.5, 0.6) is 0 Å². The Bertz CT molecular complexity index is 541. The number of β-amino-alcohol motifs (C(OH)–C–C–N with tert-alkyl or cyclic N) is 1. The summed E-state index contributed by atoms with van der Waals surface area (Å²) in [4.78, 5) is 19.4. The highest BCUT2D eigenvalue weighted by molar-refractivity contribution is 5.76. The minimum Gasteiger partial charge on any atom is -0.395 e. The highest BCUT2D eigenvalue weighted by atomic mass is 16.3. The van der Waals surface area contributed by atoms with Crippen molar-refractivity contribution >= 4 is 5.91 Å². The monoisotopic (exact) mass is 359 g/mol. The van der Waals surface area contributed by atoms with Gasteiger partial charge in [0.1, 0.15) is 0 Å². The Morgan fingerprint density at radius 2 is 1.81 bits per heavy atom. The second kappa shape index (κ2) is 10.0. The first kappa shape index (κ1) is 19.3. The Morgan fingerprint density at radius 3 is 2.54 bits per heavy atom. The molecule has 2 saturated heterocycles. The molecule has 0 aromatic heterocycles. The van der Waals surface area contributed by atoms with Crippen LogP contribution in [0.15, 0.2) is 30.3 Å². The molecule has 1 amide bonds. The smallest absolute Gasteiger partial charge is 0.222 e. The number of aliphatic hydroxyl groups excluding tert-OH is 1. The summed E-state index contributed by atoms with van der Waals surface area (Å²) in [6.45, 7) is 7.76. The molecular formula is C21H33N3O2. The van der Waals surface area contributed by atoms with Crippen molar-refractivity contribution in [3.8, 4) is 0 Å². The van der Waals surface area contributed by atoms with Gasteiger partial charge in [0, 0.05) is 52.2 Å². The molecule has 2 aliphatic rings. The van der Waals surface area contributed by atoms with E-state index in [2.05, 4.69) is 45.0 Å². The molecule has 2 heterocycles. The number of carbonyl (C=O) groups is 1. The van der Waals surface area contributed by atoms with E-state index in [-0.39, 0.29) is 6.61 Å². The Hall–Kier alpha value is -1.43. The van der Waals surface area contributed by atoms with Crippen LogP contribution < -0.4 is 0 Å². The molecule has 5 nitrogen and oxygen atoms in total. The number of rotatable bonds is 7. The predicted molar refractivity (Wildman–Crippen MR) is 104 cm³/mol.